The van der Waals surface area contributed by atoms with Crippen molar-refractivity contribution >= 4 is 22.4 Å². The van der Waals surface area contributed by atoms with Gasteiger partial charge >= 0.3 is 0 Å². The van der Waals surface area contributed by atoms with Crippen molar-refractivity contribution in [2.75, 3.05) is 12.4 Å². The van der Waals surface area contributed by atoms with Crippen molar-refractivity contribution in [3.8, 4) is 0 Å². The van der Waals surface area contributed by atoms with Gasteiger partial charge in [-0.3, -0.25) is 10.1 Å². The molecule has 0 bridgehead atoms. The van der Waals surface area contributed by atoms with Gasteiger partial charge in [0.2, 0.25) is 5.13 Å². The van der Waals surface area contributed by atoms with Gasteiger partial charge in [-0.15, -0.1) is 10.2 Å². The van der Waals surface area contributed by atoms with Gasteiger partial charge in [0.05, 0.1) is 6.61 Å². The molecule has 1 N–H and O–H groups in total. The van der Waals surface area contributed by atoms with Crippen LogP contribution < -0.4 is 5.32 Å². The number of carbonyl (C=O) groups excluding carboxylic acids is 1. The van der Waals surface area contributed by atoms with Gasteiger partial charge in [-0.2, -0.15) is 0 Å². The molecule has 0 atom stereocenters. The number of aromatic nitrogens is 2. The minimum atomic E-state index is -0.166. The topological polar surface area (TPSA) is 64.1 Å². The maximum Gasteiger partial charge on any atom is 0.257 e. The summed E-state index contributed by atoms with van der Waals surface area (Å²) in [5, 5.41) is 12.6. The van der Waals surface area contributed by atoms with Gasteiger partial charge in [0.15, 0.2) is 0 Å². The molecule has 25 heavy (non-hydrogen) atoms. The number of benzene rings is 1. The lowest BCUT2D eigenvalue weighted by Gasteiger charge is -2.04. The molecule has 1 amide bonds. The van der Waals surface area contributed by atoms with E-state index in [0.29, 0.717) is 17.3 Å². The Morgan fingerprint density at radius 3 is 2.76 bits per heavy atom. The Morgan fingerprint density at radius 2 is 1.96 bits per heavy atom. The number of amides is 1. The lowest BCUT2D eigenvalue weighted by atomic mass is 10.1. The van der Waals surface area contributed by atoms with Crippen LogP contribution in [0.1, 0.15) is 66.4 Å². The first-order chi connectivity index (χ1) is 12.2. The first-order valence-electron chi connectivity index (χ1n) is 8.94. The van der Waals surface area contributed by atoms with Gasteiger partial charge in [-0.05, 0) is 24.1 Å². The van der Waals surface area contributed by atoms with Gasteiger partial charge in [0, 0.05) is 19.1 Å². The van der Waals surface area contributed by atoms with E-state index < -0.39 is 0 Å². The van der Waals surface area contributed by atoms with Gasteiger partial charge in [0.1, 0.15) is 5.01 Å². The third-order valence-electron chi connectivity index (χ3n) is 3.93. The van der Waals surface area contributed by atoms with E-state index in [-0.39, 0.29) is 5.91 Å². The molecule has 0 fully saturated rings. The van der Waals surface area contributed by atoms with Crippen molar-refractivity contribution in [3.63, 3.8) is 0 Å². The molecule has 2 aromatic rings. The van der Waals surface area contributed by atoms with Crippen molar-refractivity contribution in [3.05, 3.63) is 40.4 Å². The number of hydrogen-bond donors (Lipinski definition) is 1. The molecule has 136 valence electrons. The molecule has 6 heteroatoms. The minimum absolute atomic E-state index is 0.166. The number of nitrogens with zero attached hydrogens (tertiary/aromatic N) is 2. The van der Waals surface area contributed by atoms with Crippen LogP contribution in [0, 0.1) is 0 Å². The molecule has 2 rings (SSSR count). The SMILES string of the molecule is CCCCCCCCc1nnc(NC(=O)c2cccc(COC)c2)s1. The van der Waals surface area contributed by atoms with Crippen molar-refractivity contribution in [1.82, 2.24) is 10.2 Å². The number of ether oxygens (including phenoxy) is 1. The molecule has 0 unspecified atom stereocenters. The predicted octanol–water partition coefficient (Wildman–Crippen LogP) is 4.84. The largest absolute Gasteiger partial charge is 0.380 e. The normalized spacial score (nSPS) is 10.8. The molecular formula is C19H27N3O2S. The summed E-state index contributed by atoms with van der Waals surface area (Å²) < 4.78 is 5.10. The molecule has 5 nitrogen and oxygen atoms in total. The first kappa shape index (κ1) is 19.5. The van der Waals surface area contributed by atoms with Crippen LogP contribution in [0.2, 0.25) is 0 Å². The van der Waals surface area contributed by atoms with Crippen molar-refractivity contribution in [1.29, 1.82) is 0 Å². The monoisotopic (exact) mass is 361 g/mol. The number of unbranched alkanes of at least 4 members (excludes halogenated alkanes) is 5. The minimum Gasteiger partial charge on any atom is -0.380 e. The van der Waals surface area contributed by atoms with E-state index in [1.54, 1.807) is 13.2 Å². The quantitative estimate of drug-likeness (QED) is 0.582. The average Bonchev–Trinajstić information content (AvgIpc) is 3.06. The van der Waals surface area contributed by atoms with Crippen LogP contribution in [0.25, 0.3) is 0 Å². The Labute approximate surface area is 153 Å². The predicted molar refractivity (Wildman–Crippen MR) is 102 cm³/mol. The fraction of sp³-hybridized carbons (Fsp3) is 0.526. The van der Waals surface area contributed by atoms with Crippen LogP contribution in [-0.2, 0) is 17.8 Å². The zero-order chi connectivity index (χ0) is 17.9. The molecule has 1 aromatic heterocycles. The number of nitrogens with one attached hydrogen (secondary N) is 1. The van der Waals surface area contributed by atoms with Gasteiger partial charge in [0.25, 0.3) is 5.91 Å². The second-order valence-electron chi connectivity index (χ2n) is 6.11. The summed E-state index contributed by atoms with van der Waals surface area (Å²) in [5.74, 6) is -0.166. The van der Waals surface area contributed by atoms with Gasteiger partial charge in [-0.1, -0.05) is 62.5 Å². The molecule has 0 spiro atoms. The average molecular weight is 362 g/mol. The third kappa shape index (κ3) is 6.92. The summed E-state index contributed by atoms with van der Waals surface area (Å²) in [6.07, 6.45) is 8.49. The van der Waals surface area contributed by atoms with Crippen LogP contribution in [0.4, 0.5) is 5.13 Å². The van der Waals surface area contributed by atoms with Gasteiger partial charge in [-0.25, -0.2) is 0 Å². The van der Waals surface area contributed by atoms with Crippen LogP contribution >= 0.6 is 11.3 Å². The summed E-state index contributed by atoms with van der Waals surface area (Å²) in [7, 11) is 1.64. The highest BCUT2D eigenvalue weighted by atomic mass is 32.1. The molecule has 0 saturated carbocycles. The van der Waals surface area contributed by atoms with E-state index in [4.69, 9.17) is 4.74 Å². The Balaban J connectivity index is 1.80. The van der Waals surface area contributed by atoms with E-state index in [9.17, 15) is 4.79 Å². The number of aryl methyl sites for hydroxylation is 1. The summed E-state index contributed by atoms with van der Waals surface area (Å²) in [6, 6.07) is 7.40. The Hall–Kier alpha value is -1.79. The highest BCUT2D eigenvalue weighted by molar-refractivity contribution is 7.15. The van der Waals surface area contributed by atoms with Crippen LogP contribution in [0.3, 0.4) is 0 Å². The zero-order valence-corrected chi connectivity index (χ0v) is 15.9. The molecular weight excluding hydrogens is 334 g/mol. The lowest BCUT2D eigenvalue weighted by Crippen LogP contribution is -2.12. The molecule has 1 aromatic carbocycles. The molecule has 0 aliphatic heterocycles. The van der Waals surface area contributed by atoms with Crippen molar-refractivity contribution in [2.24, 2.45) is 0 Å². The Morgan fingerprint density at radius 1 is 1.16 bits per heavy atom. The number of carbonyl (C=O) groups is 1. The molecule has 0 aliphatic carbocycles. The summed E-state index contributed by atoms with van der Waals surface area (Å²) >= 11 is 1.46. The Kier molecular flexibility index (Phi) is 8.55. The smallest absolute Gasteiger partial charge is 0.257 e. The number of anilines is 1. The third-order valence-corrected chi connectivity index (χ3v) is 4.83. The lowest BCUT2D eigenvalue weighted by molar-refractivity contribution is 0.102. The van der Waals surface area contributed by atoms with E-state index in [1.807, 2.05) is 18.2 Å². The Bertz CT molecular complexity index is 658. The molecule has 0 aliphatic rings. The van der Waals surface area contributed by atoms with E-state index in [2.05, 4.69) is 22.4 Å². The summed E-state index contributed by atoms with van der Waals surface area (Å²) in [6.45, 7) is 2.72. The van der Waals surface area contributed by atoms with E-state index >= 15 is 0 Å². The van der Waals surface area contributed by atoms with Crippen LogP contribution in [0.5, 0.6) is 0 Å². The fourth-order valence-electron chi connectivity index (χ4n) is 2.60. The van der Waals surface area contributed by atoms with E-state index in [0.717, 1.165) is 23.4 Å². The van der Waals surface area contributed by atoms with Crippen molar-refractivity contribution in [2.45, 2.75) is 58.5 Å². The summed E-state index contributed by atoms with van der Waals surface area (Å²) in [5.41, 5.74) is 1.57. The highest BCUT2D eigenvalue weighted by Crippen LogP contribution is 2.19. The second kappa shape index (κ2) is 10.9. The molecule has 0 radical (unpaired) electrons. The fourth-order valence-corrected chi connectivity index (χ4v) is 3.38. The van der Waals surface area contributed by atoms with Crippen LogP contribution in [-0.4, -0.2) is 23.2 Å². The van der Waals surface area contributed by atoms with E-state index in [1.165, 1.54) is 43.4 Å². The van der Waals surface area contributed by atoms with Crippen molar-refractivity contribution < 1.29 is 9.53 Å². The maximum atomic E-state index is 12.3. The second-order valence-corrected chi connectivity index (χ2v) is 7.17. The molecule has 1 heterocycles. The van der Waals surface area contributed by atoms with Gasteiger partial charge < -0.3 is 4.74 Å². The number of rotatable bonds is 11. The molecule has 0 saturated heterocycles. The maximum absolute atomic E-state index is 12.3. The first-order valence-corrected chi connectivity index (χ1v) is 9.76. The number of hydrogen-bond acceptors (Lipinski definition) is 5. The number of methoxy groups -OCH3 is 1. The zero-order valence-electron chi connectivity index (χ0n) is 15.1. The standard InChI is InChI=1S/C19H27N3O2S/c1-3-4-5-6-7-8-12-17-21-22-19(25-17)20-18(23)16-11-9-10-15(13-16)14-24-2/h9-11,13H,3-8,12,14H2,1-2H3,(H,20,22,23). The highest BCUT2D eigenvalue weighted by Gasteiger charge is 2.10. The van der Waals surface area contributed by atoms with Crippen LogP contribution in [0.15, 0.2) is 24.3 Å². The summed E-state index contributed by atoms with van der Waals surface area (Å²) in [4.78, 5) is 12.3.